The number of hydrogen-bond acceptors (Lipinski definition) is 5. The Labute approximate surface area is 180 Å². The van der Waals surface area contributed by atoms with E-state index in [4.69, 9.17) is 11.6 Å². The quantitative estimate of drug-likeness (QED) is 0.597. The molecule has 3 rings (SSSR count). The number of sulfonamides is 1. The molecule has 0 unspecified atom stereocenters. The number of urea groups is 1. The first-order valence-electron chi connectivity index (χ1n) is 9.67. The van der Waals surface area contributed by atoms with Crippen LogP contribution in [0.5, 0.6) is 0 Å². The van der Waals surface area contributed by atoms with Gasteiger partial charge in [-0.05, 0) is 31.0 Å². The van der Waals surface area contributed by atoms with Crippen LogP contribution in [0.4, 0.5) is 10.6 Å². The molecular formula is C19H23ClN6O3S. The van der Waals surface area contributed by atoms with Crippen molar-refractivity contribution in [1.82, 2.24) is 19.8 Å². The number of nitrogens with one attached hydrogen (secondary N) is 3. The van der Waals surface area contributed by atoms with Crippen LogP contribution >= 0.6 is 11.6 Å². The van der Waals surface area contributed by atoms with Crippen molar-refractivity contribution in [2.75, 3.05) is 17.6 Å². The van der Waals surface area contributed by atoms with Crippen LogP contribution in [-0.2, 0) is 10.0 Å². The molecule has 1 aliphatic carbocycles. The van der Waals surface area contributed by atoms with Gasteiger partial charge in [-0.15, -0.1) is 5.10 Å². The smallest absolute Gasteiger partial charge is 0.320 e. The molecule has 2 amide bonds. The van der Waals surface area contributed by atoms with Crippen LogP contribution in [0.1, 0.15) is 37.7 Å². The molecule has 0 spiro atoms. The molecule has 1 aliphatic rings. The first kappa shape index (κ1) is 22.1. The van der Waals surface area contributed by atoms with E-state index in [-0.39, 0.29) is 24.2 Å². The van der Waals surface area contributed by atoms with E-state index in [1.165, 1.54) is 10.7 Å². The summed E-state index contributed by atoms with van der Waals surface area (Å²) in [6.07, 6.45) is 6.52. The van der Waals surface area contributed by atoms with Gasteiger partial charge in [0.1, 0.15) is 6.07 Å². The molecule has 1 fully saturated rings. The fourth-order valence-electron chi connectivity index (χ4n) is 3.32. The van der Waals surface area contributed by atoms with Crippen molar-refractivity contribution in [2.24, 2.45) is 0 Å². The van der Waals surface area contributed by atoms with Gasteiger partial charge in [-0.3, -0.25) is 5.32 Å². The molecule has 0 aliphatic heterocycles. The summed E-state index contributed by atoms with van der Waals surface area (Å²) in [5, 5.41) is 18.9. The number of benzene rings is 1. The summed E-state index contributed by atoms with van der Waals surface area (Å²) < 4.78 is 28.4. The molecule has 0 atom stereocenters. The third-order valence-electron chi connectivity index (χ3n) is 4.76. The lowest BCUT2D eigenvalue weighted by molar-refractivity contribution is 0.252. The number of halogens is 1. The first-order valence-corrected chi connectivity index (χ1v) is 11.7. The Balaban J connectivity index is 1.49. The summed E-state index contributed by atoms with van der Waals surface area (Å²) in [6.45, 7) is -0.0235. The summed E-state index contributed by atoms with van der Waals surface area (Å²) in [6, 6.07) is 7.87. The van der Waals surface area contributed by atoms with Crippen LogP contribution in [0.25, 0.3) is 5.69 Å². The predicted molar refractivity (Wildman–Crippen MR) is 114 cm³/mol. The van der Waals surface area contributed by atoms with Crippen molar-refractivity contribution in [3.8, 4) is 11.8 Å². The highest BCUT2D eigenvalue weighted by atomic mass is 35.5. The molecule has 1 heterocycles. The van der Waals surface area contributed by atoms with Gasteiger partial charge in [-0.1, -0.05) is 30.9 Å². The summed E-state index contributed by atoms with van der Waals surface area (Å²) in [5.74, 6) is 0.0660. The van der Waals surface area contributed by atoms with Gasteiger partial charge in [-0.25, -0.2) is 22.6 Å². The summed E-state index contributed by atoms with van der Waals surface area (Å²) in [7, 11) is -3.45. The van der Waals surface area contributed by atoms with E-state index in [2.05, 4.69) is 20.5 Å². The van der Waals surface area contributed by atoms with E-state index in [1.807, 2.05) is 6.07 Å². The normalized spacial score (nSPS) is 14.8. The SMILES string of the molecule is N#Cc1cc(Cl)ccc1-n1ccc(NC(=O)NCCS(=O)(=O)NC2CCCCC2)n1. The van der Waals surface area contributed by atoms with Crippen LogP contribution in [-0.4, -0.2) is 42.6 Å². The molecular weight excluding hydrogens is 428 g/mol. The summed E-state index contributed by atoms with van der Waals surface area (Å²) in [5.41, 5.74) is 0.868. The van der Waals surface area contributed by atoms with Crippen LogP contribution in [0.3, 0.4) is 0 Å². The maximum Gasteiger partial charge on any atom is 0.320 e. The van der Waals surface area contributed by atoms with Gasteiger partial charge < -0.3 is 5.32 Å². The van der Waals surface area contributed by atoms with Crippen molar-refractivity contribution in [2.45, 2.75) is 38.1 Å². The first-order chi connectivity index (χ1) is 14.4. The number of hydrogen-bond donors (Lipinski definition) is 3. The largest absolute Gasteiger partial charge is 0.337 e. The number of carbonyl (C=O) groups excluding carboxylic acids is 1. The van der Waals surface area contributed by atoms with Crippen LogP contribution < -0.4 is 15.4 Å². The van der Waals surface area contributed by atoms with Crippen molar-refractivity contribution in [3.63, 3.8) is 0 Å². The predicted octanol–water partition coefficient (Wildman–Crippen LogP) is 2.77. The maximum absolute atomic E-state index is 12.1. The highest BCUT2D eigenvalue weighted by molar-refractivity contribution is 7.89. The lowest BCUT2D eigenvalue weighted by Gasteiger charge is -2.22. The van der Waals surface area contributed by atoms with E-state index in [0.29, 0.717) is 16.3 Å². The van der Waals surface area contributed by atoms with Gasteiger partial charge in [0.05, 0.1) is 17.0 Å². The Morgan fingerprint density at radius 2 is 2.03 bits per heavy atom. The zero-order chi connectivity index (χ0) is 21.6. The number of nitriles is 1. The Bertz CT molecular complexity index is 1040. The molecule has 1 saturated carbocycles. The van der Waals surface area contributed by atoms with E-state index in [0.717, 1.165) is 32.1 Å². The van der Waals surface area contributed by atoms with Gasteiger partial charge in [-0.2, -0.15) is 5.26 Å². The van der Waals surface area contributed by atoms with E-state index >= 15 is 0 Å². The number of nitrogens with zero attached hydrogens (tertiary/aromatic N) is 3. The van der Waals surface area contributed by atoms with Gasteiger partial charge in [0.25, 0.3) is 0 Å². The minimum atomic E-state index is -3.45. The highest BCUT2D eigenvalue weighted by Crippen LogP contribution is 2.20. The second kappa shape index (κ2) is 9.93. The molecule has 9 nitrogen and oxygen atoms in total. The van der Waals surface area contributed by atoms with Crippen LogP contribution in [0.2, 0.25) is 5.02 Å². The van der Waals surface area contributed by atoms with Crippen LogP contribution in [0.15, 0.2) is 30.5 Å². The lowest BCUT2D eigenvalue weighted by atomic mass is 9.96. The standard InChI is InChI=1S/C19H23ClN6O3S/c20-15-6-7-17(14(12-15)13-21)26-10-8-18(24-26)23-19(27)22-9-11-30(28,29)25-16-4-2-1-3-5-16/h6-8,10,12,16,25H,1-5,9,11H2,(H2,22,23,24,27). The molecule has 2 aromatic rings. The van der Waals surface area contributed by atoms with E-state index in [1.54, 1.807) is 24.4 Å². The zero-order valence-corrected chi connectivity index (χ0v) is 17.8. The number of carbonyl (C=O) groups is 1. The lowest BCUT2D eigenvalue weighted by Crippen LogP contribution is -2.41. The third kappa shape index (κ3) is 6.19. The van der Waals surface area contributed by atoms with Gasteiger partial charge in [0.2, 0.25) is 10.0 Å². The maximum atomic E-state index is 12.1. The Morgan fingerprint density at radius 1 is 1.27 bits per heavy atom. The fourth-order valence-corrected chi connectivity index (χ4v) is 4.72. The third-order valence-corrected chi connectivity index (χ3v) is 6.43. The molecule has 0 saturated heterocycles. The number of aromatic nitrogens is 2. The van der Waals surface area contributed by atoms with Gasteiger partial charge in [0, 0.05) is 29.9 Å². The van der Waals surface area contributed by atoms with Crippen LogP contribution in [0, 0.1) is 11.3 Å². The average molecular weight is 451 g/mol. The summed E-state index contributed by atoms with van der Waals surface area (Å²) in [4.78, 5) is 12.0. The van der Waals surface area contributed by atoms with Gasteiger partial charge >= 0.3 is 6.03 Å². The van der Waals surface area contributed by atoms with Gasteiger partial charge in [0.15, 0.2) is 5.82 Å². The topological polar surface area (TPSA) is 129 Å². The van der Waals surface area contributed by atoms with E-state index in [9.17, 15) is 18.5 Å². The monoisotopic (exact) mass is 450 g/mol. The molecule has 0 bridgehead atoms. The summed E-state index contributed by atoms with van der Waals surface area (Å²) >= 11 is 5.90. The van der Waals surface area contributed by atoms with Crippen molar-refractivity contribution < 1.29 is 13.2 Å². The van der Waals surface area contributed by atoms with Crippen molar-refractivity contribution in [3.05, 3.63) is 41.0 Å². The molecule has 160 valence electrons. The minimum Gasteiger partial charge on any atom is -0.337 e. The number of amides is 2. The van der Waals surface area contributed by atoms with Crippen molar-refractivity contribution in [1.29, 1.82) is 5.26 Å². The molecule has 30 heavy (non-hydrogen) atoms. The Hall–Kier alpha value is -2.61. The second-order valence-electron chi connectivity index (χ2n) is 7.07. The fraction of sp³-hybridized carbons (Fsp3) is 0.421. The highest BCUT2D eigenvalue weighted by Gasteiger charge is 2.20. The zero-order valence-electron chi connectivity index (χ0n) is 16.3. The average Bonchev–Trinajstić information content (AvgIpc) is 3.16. The van der Waals surface area contributed by atoms with E-state index < -0.39 is 16.1 Å². The Kier molecular flexibility index (Phi) is 7.31. The van der Waals surface area contributed by atoms with Crippen molar-refractivity contribution >= 4 is 33.5 Å². The number of rotatable bonds is 7. The molecule has 1 aromatic heterocycles. The Morgan fingerprint density at radius 3 is 2.77 bits per heavy atom. The number of anilines is 1. The minimum absolute atomic E-state index is 0.00675. The molecule has 11 heteroatoms. The molecule has 0 radical (unpaired) electrons. The second-order valence-corrected chi connectivity index (χ2v) is 9.38. The molecule has 1 aromatic carbocycles. The molecule has 3 N–H and O–H groups in total.